The van der Waals surface area contributed by atoms with Crippen LogP contribution >= 0.6 is 11.8 Å². The Morgan fingerprint density at radius 2 is 1.67 bits per heavy atom. The number of hydrogen-bond donors (Lipinski definition) is 8. The number of aliphatic carboxylic acids is 1. The number of carbonyl (C=O) groups is 4. The van der Waals surface area contributed by atoms with Crippen LogP contribution in [-0.2, 0) is 32.0 Å². The molecule has 3 aromatic rings. The van der Waals surface area contributed by atoms with Crippen molar-refractivity contribution in [1.29, 1.82) is 0 Å². The number of rotatable bonds is 18. The van der Waals surface area contributed by atoms with Gasteiger partial charge in [-0.05, 0) is 49.4 Å². The Morgan fingerprint density at radius 3 is 2.36 bits per heavy atom. The van der Waals surface area contributed by atoms with Gasteiger partial charge in [0.15, 0.2) is 0 Å². The van der Waals surface area contributed by atoms with Crippen LogP contribution in [0.4, 0.5) is 0 Å². The van der Waals surface area contributed by atoms with Crippen LogP contribution in [0, 0.1) is 0 Å². The van der Waals surface area contributed by atoms with Crippen LogP contribution in [0.5, 0.6) is 0 Å². The molecule has 0 saturated carbocycles. The van der Waals surface area contributed by atoms with E-state index in [1.54, 1.807) is 6.20 Å². The van der Waals surface area contributed by atoms with Gasteiger partial charge in [-0.15, -0.1) is 0 Å². The van der Waals surface area contributed by atoms with Crippen molar-refractivity contribution >= 4 is 46.4 Å². The highest BCUT2D eigenvalue weighted by Gasteiger charge is 2.31. The monoisotopic (exact) mass is 600 g/mol. The summed E-state index contributed by atoms with van der Waals surface area (Å²) in [5.74, 6) is -2.36. The predicted octanol–water partition coefficient (Wildman–Crippen LogP) is 0.425. The average Bonchev–Trinajstić information content (AvgIpc) is 3.64. The first kappa shape index (κ1) is 32.6. The first-order chi connectivity index (χ1) is 20.2. The summed E-state index contributed by atoms with van der Waals surface area (Å²) in [5.41, 5.74) is 13.7. The van der Waals surface area contributed by atoms with Crippen molar-refractivity contribution in [3.63, 3.8) is 0 Å². The average molecular weight is 601 g/mol. The lowest BCUT2D eigenvalue weighted by Gasteiger charge is -2.25. The number of carboxylic acid groups (broad SMARTS) is 1. The fraction of sp³-hybridized carbons (Fsp3) is 0.464. The Kier molecular flexibility index (Phi) is 12.8. The summed E-state index contributed by atoms with van der Waals surface area (Å²) in [7, 11) is 0. The number of thioether (sulfide) groups is 1. The Morgan fingerprint density at radius 1 is 0.952 bits per heavy atom. The molecule has 14 heteroatoms. The molecule has 0 fully saturated rings. The third-order valence-electron chi connectivity index (χ3n) is 6.88. The maximum atomic E-state index is 13.5. The van der Waals surface area contributed by atoms with Crippen molar-refractivity contribution < 1.29 is 24.3 Å². The van der Waals surface area contributed by atoms with Crippen molar-refractivity contribution in [3.05, 3.63) is 54.2 Å². The number of benzene rings is 1. The molecule has 228 valence electrons. The van der Waals surface area contributed by atoms with E-state index < -0.39 is 47.9 Å². The van der Waals surface area contributed by atoms with Gasteiger partial charge in [0.05, 0.1) is 12.4 Å². The Labute approximate surface area is 248 Å². The molecule has 10 N–H and O–H groups in total. The zero-order valence-electron chi connectivity index (χ0n) is 23.6. The summed E-state index contributed by atoms with van der Waals surface area (Å²) >= 11 is 1.51. The van der Waals surface area contributed by atoms with Crippen molar-refractivity contribution in [2.45, 2.75) is 62.7 Å². The van der Waals surface area contributed by atoms with Crippen LogP contribution in [0.15, 0.2) is 43.0 Å². The van der Waals surface area contributed by atoms with Gasteiger partial charge in [-0.1, -0.05) is 24.6 Å². The highest BCUT2D eigenvalue weighted by molar-refractivity contribution is 7.98. The summed E-state index contributed by atoms with van der Waals surface area (Å²) in [6.07, 6.45) is 8.77. The molecular weight excluding hydrogens is 560 g/mol. The van der Waals surface area contributed by atoms with Gasteiger partial charge in [-0.2, -0.15) is 11.8 Å². The van der Waals surface area contributed by atoms with E-state index in [9.17, 15) is 24.3 Å². The lowest BCUT2D eigenvalue weighted by molar-refractivity contribution is -0.142. The lowest BCUT2D eigenvalue weighted by atomic mass is 10.0. The Balaban J connectivity index is 1.74. The van der Waals surface area contributed by atoms with Crippen LogP contribution in [-0.4, -0.2) is 86.5 Å². The smallest absolute Gasteiger partial charge is 0.326 e. The number of nitrogens with zero attached hydrogens (tertiary/aromatic N) is 1. The molecule has 2 heterocycles. The fourth-order valence-corrected chi connectivity index (χ4v) is 4.98. The highest BCUT2D eigenvalue weighted by atomic mass is 32.2. The van der Waals surface area contributed by atoms with Crippen LogP contribution in [0.2, 0.25) is 0 Å². The SMILES string of the molecule is CSCCC(NC(=O)C(N)CCCCN)C(=O)NC(Cc1cnc[nH]1)C(=O)NC(Cc1c[nH]c2ccccc12)C(=O)O. The normalized spacial score (nSPS) is 14.1. The second kappa shape index (κ2) is 16.5. The molecule has 2 aromatic heterocycles. The summed E-state index contributed by atoms with van der Waals surface area (Å²) in [6.45, 7) is 0.497. The molecule has 4 unspecified atom stereocenters. The number of aromatic nitrogens is 3. The number of fused-ring (bicyclic) bond motifs is 1. The quantitative estimate of drug-likeness (QED) is 0.0947. The number of amides is 3. The van der Waals surface area contributed by atoms with Gasteiger partial charge in [0.25, 0.3) is 0 Å². The zero-order valence-corrected chi connectivity index (χ0v) is 24.4. The fourth-order valence-electron chi connectivity index (χ4n) is 4.51. The summed E-state index contributed by atoms with van der Waals surface area (Å²) in [5, 5.41) is 18.8. The molecule has 13 nitrogen and oxygen atoms in total. The topological polar surface area (TPSA) is 221 Å². The molecule has 3 amide bonds. The van der Waals surface area contributed by atoms with Crippen molar-refractivity contribution in [2.24, 2.45) is 11.5 Å². The zero-order chi connectivity index (χ0) is 30.5. The molecule has 0 aliphatic carbocycles. The molecule has 0 radical (unpaired) electrons. The van der Waals surface area contributed by atoms with E-state index in [1.165, 1.54) is 24.3 Å². The van der Waals surface area contributed by atoms with E-state index in [-0.39, 0.29) is 12.8 Å². The van der Waals surface area contributed by atoms with Gasteiger partial charge < -0.3 is 42.5 Å². The van der Waals surface area contributed by atoms with E-state index in [2.05, 4.69) is 30.9 Å². The maximum Gasteiger partial charge on any atom is 0.326 e. The Hall–Kier alpha value is -3.88. The number of hydrogen-bond acceptors (Lipinski definition) is 8. The van der Waals surface area contributed by atoms with Crippen LogP contribution in [0.25, 0.3) is 10.9 Å². The van der Waals surface area contributed by atoms with Crippen LogP contribution < -0.4 is 27.4 Å². The van der Waals surface area contributed by atoms with Gasteiger partial charge >= 0.3 is 5.97 Å². The van der Waals surface area contributed by atoms with Gasteiger partial charge in [0.2, 0.25) is 17.7 Å². The largest absolute Gasteiger partial charge is 0.480 e. The molecule has 0 bridgehead atoms. The molecule has 42 heavy (non-hydrogen) atoms. The van der Waals surface area contributed by atoms with Crippen molar-refractivity contribution in [2.75, 3.05) is 18.6 Å². The predicted molar refractivity (Wildman–Crippen MR) is 162 cm³/mol. The number of imidazole rings is 1. The first-order valence-corrected chi connectivity index (χ1v) is 15.2. The molecular formula is C28H40N8O5S. The van der Waals surface area contributed by atoms with Crippen LogP contribution in [0.1, 0.15) is 36.9 Å². The minimum absolute atomic E-state index is 0.0266. The summed E-state index contributed by atoms with van der Waals surface area (Å²) in [6, 6.07) is 3.33. The van der Waals surface area contributed by atoms with Gasteiger partial charge in [-0.25, -0.2) is 9.78 Å². The maximum absolute atomic E-state index is 13.5. The van der Waals surface area contributed by atoms with E-state index in [4.69, 9.17) is 11.5 Å². The first-order valence-electron chi connectivity index (χ1n) is 13.8. The van der Waals surface area contributed by atoms with E-state index in [1.807, 2.05) is 30.5 Å². The number of nitrogens with one attached hydrogen (secondary N) is 5. The lowest BCUT2D eigenvalue weighted by Crippen LogP contribution is -2.58. The van der Waals surface area contributed by atoms with Gasteiger partial charge in [0, 0.05) is 41.8 Å². The van der Waals surface area contributed by atoms with E-state index in [0.29, 0.717) is 37.3 Å². The number of carboxylic acids is 1. The number of unbranched alkanes of at least 4 members (excludes halogenated alkanes) is 1. The Bertz CT molecular complexity index is 1310. The second-order valence-electron chi connectivity index (χ2n) is 10.0. The molecule has 1 aromatic carbocycles. The third-order valence-corrected chi connectivity index (χ3v) is 7.52. The molecule has 4 atom stereocenters. The summed E-state index contributed by atoms with van der Waals surface area (Å²) < 4.78 is 0. The number of nitrogens with two attached hydrogens (primary N) is 2. The third kappa shape index (κ3) is 9.60. The molecule has 3 rings (SSSR count). The minimum Gasteiger partial charge on any atom is -0.480 e. The number of para-hydroxylation sites is 1. The van der Waals surface area contributed by atoms with E-state index in [0.717, 1.165) is 22.9 Å². The molecule has 0 spiro atoms. The van der Waals surface area contributed by atoms with Crippen molar-refractivity contribution in [3.8, 4) is 0 Å². The highest BCUT2D eigenvalue weighted by Crippen LogP contribution is 2.19. The standard InChI is InChI=1S/C28H40N8O5S/c1-42-11-9-22(34-25(37)20(30)7-4-5-10-29)26(38)35-23(13-18-15-31-16-33-18)27(39)36-24(28(40)41)12-17-14-32-21-8-3-2-6-19(17)21/h2-3,6,8,14-16,20,22-24,32H,4-5,7,9-13,29-30H2,1H3,(H,31,33)(H,34,37)(H,35,38)(H,36,39)(H,40,41). The molecule has 0 aliphatic rings. The molecule has 0 aliphatic heterocycles. The van der Waals surface area contributed by atoms with Gasteiger partial charge in [0.1, 0.15) is 18.1 Å². The number of aromatic amines is 2. The minimum atomic E-state index is -1.25. The van der Waals surface area contributed by atoms with Crippen molar-refractivity contribution in [1.82, 2.24) is 30.9 Å². The number of carbonyl (C=O) groups excluding carboxylic acids is 3. The molecule has 0 saturated heterocycles. The summed E-state index contributed by atoms with van der Waals surface area (Å²) in [4.78, 5) is 61.8. The van der Waals surface area contributed by atoms with Crippen LogP contribution in [0.3, 0.4) is 0 Å². The van der Waals surface area contributed by atoms with Gasteiger partial charge in [-0.3, -0.25) is 14.4 Å². The number of H-pyrrole nitrogens is 2. The van der Waals surface area contributed by atoms with E-state index >= 15 is 0 Å². The second-order valence-corrected chi connectivity index (χ2v) is 11.0.